The molecule has 3 aromatic rings. The number of fused-ring (bicyclic) bond motifs is 1. The van der Waals surface area contributed by atoms with Crippen LogP contribution in [0.4, 0.5) is 0 Å². The van der Waals surface area contributed by atoms with E-state index in [1.807, 2.05) is 48.5 Å². The molecule has 0 fully saturated rings. The topological polar surface area (TPSA) is 44.8 Å². The van der Waals surface area contributed by atoms with E-state index in [2.05, 4.69) is 52.2 Å². The summed E-state index contributed by atoms with van der Waals surface area (Å²) in [6.45, 7) is 13.6. The summed E-state index contributed by atoms with van der Waals surface area (Å²) in [6, 6.07) is 21.6. The lowest BCUT2D eigenvalue weighted by Crippen LogP contribution is -2.35. The molecule has 0 aromatic heterocycles. The van der Waals surface area contributed by atoms with Gasteiger partial charge in [0.05, 0.1) is 0 Å². The zero-order chi connectivity index (χ0) is 31.1. The van der Waals surface area contributed by atoms with Crippen molar-refractivity contribution in [3.8, 4) is 17.2 Å². The number of para-hydroxylation sites is 1. The van der Waals surface area contributed by atoms with Crippen molar-refractivity contribution in [3.05, 3.63) is 66.2 Å². The molecule has 6 heteroatoms. The fourth-order valence-electron chi connectivity index (χ4n) is 5.65. The molecular weight excluding hydrogens is 565 g/mol. The predicted molar refractivity (Wildman–Crippen MR) is 188 cm³/mol. The van der Waals surface area contributed by atoms with E-state index in [-0.39, 0.29) is 0 Å². The fourth-order valence-corrected chi connectivity index (χ4v) is 9.59. The average Bonchev–Trinajstić information content (AvgIpc) is 2.98. The molecule has 236 valence electrons. The highest BCUT2D eigenvalue weighted by Crippen LogP contribution is 2.40. The lowest BCUT2D eigenvalue weighted by atomic mass is 10.0. The third-order valence-corrected chi connectivity index (χ3v) is 12.8. The van der Waals surface area contributed by atoms with E-state index in [0.29, 0.717) is 17.1 Å². The van der Waals surface area contributed by atoms with Gasteiger partial charge in [-0.15, -0.1) is 0 Å². The highest BCUT2D eigenvalue weighted by atomic mass is 28.4. The highest BCUT2D eigenvalue weighted by molar-refractivity contribution is 6.72. The molecule has 43 heavy (non-hydrogen) atoms. The molecule has 0 atom stereocenters. The fraction of sp³-hybridized carbons (Fsp3) is 0.541. The van der Waals surface area contributed by atoms with Gasteiger partial charge in [-0.25, -0.2) is 4.79 Å². The molecule has 0 heterocycles. The molecule has 3 rings (SSSR count). The van der Waals surface area contributed by atoms with Crippen molar-refractivity contribution in [2.75, 3.05) is 0 Å². The van der Waals surface area contributed by atoms with Gasteiger partial charge in [0.25, 0.3) is 0 Å². The number of carbonyl (C=O) groups is 1. The minimum absolute atomic E-state index is 0.406. The molecule has 0 amide bonds. The van der Waals surface area contributed by atoms with Crippen molar-refractivity contribution in [1.29, 1.82) is 0 Å². The molecular formula is C37H56O4Si2. The number of carbonyl (C=O) groups excluding carboxylic acids is 1. The minimum Gasteiger partial charge on any atom is -0.544 e. The van der Waals surface area contributed by atoms with Gasteiger partial charge in [-0.05, 0) is 56.5 Å². The van der Waals surface area contributed by atoms with Crippen molar-refractivity contribution in [2.24, 2.45) is 0 Å². The predicted octanol–water partition coefficient (Wildman–Crippen LogP) is 11.9. The normalized spacial score (nSPS) is 12.0. The first-order chi connectivity index (χ1) is 20.7. The maximum absolute atomic E-state index is 13.8. The number of benzene rings is 3. The van der Waals surface area contributed by atoms with Crippen molar-refractivity contribution in [2.45, 2.75) is 129 Å². The summed E-state index contributed by atoms with van der Waals surface area (Å²) in [5.74, 6) is 1.52. The molecule has 0 aliphatic rings. The molecule has 3 aromatic carbocycles. The van der Waals surface area contributed by atoms with E-state index in [9.17, 15) is 4.79 Å². The molecule has 0 saturated carbocycles. The zero-order valence-electron chi connectivity index (χ0n) is 27.8. The molecule has 0 N–H and O–H groups in total. The summed E-state index contributed by atoms with van der Waals surface area (Å²) in [7, 11) is -4.18. The van der Waals surface area contributed by atoms with Crippen LogP contribution in [0.5, 0.6) is 17.2 Å². The van der Waals surface area contributed by atoms with E-state index in [0.717, 1.165) is 35.0 Å². The Kier molecular flexibility index (Phi) is 14.3. The number of unbranched alkanes of at least 4 members (excludes halogenated alkanes) is 10. The molecule has 0 aliphatic heterocycles. The van der Waals surface area contributed by atoms with Crippen molar-refractivity contribution in [1.82, 2.24) is 0 Å². The Morgan fingerprint density at radius 1 is 0.605 bits per heavy atom. The van der Waals surface area contributed by atoms with Gasteiger partial charge in [0.2, 0.25) is 16.6 Å². The van der Waals surface area contributed by atoms with Crippen molar-refractivity contribution < 1.29 is 18.4 Å². The second-order valence-corrected chi connectivity index (χ2v) is 21.7. The Bertz CT molecular complexity index is 1260. The van der Waals surface area contributed by atoms with E-state index >= 15 is 0 Å². The Morgan fingerprint density at radius 3 is 1.67 bits per heavy atom. The Morgan fingerprint density at radius 2 is 1.09 bits per heavy atom. The van der Waals surface area contributed by atoms with E-state index < -0.39 is 22.6 Å². The average molecular weight is 621 g/mol. The first-order valence-corrected chi connectivity index (χ1v) is 23.1. The van der Waals surface area contributed by atoms with Crippen LogP contribution in [0.1, 0.15) is 101 Å². The Balaban J connectivity index is 1.90. The molecule has 0 radical (unpaired) electrons. The third-order valence-electron chi connectivity index (χ3n) is 8.16. The standard InChI is InChI=1S/C37H56O4Si2/c1-7-9-11-13-15-22-28-42(3,4)40-35-30-34(37(38)39-31-24-18-17-19-25-31)36(33-27-21-20-26-32(33)35)41-43(5,6)29-23-16-14-12-10-8-2/h17-21,24-27,30H,7-16,22-23,28-29H2,1-6H3. The first-order valence-electron chi connectivity index (χ1n) is 16.9. The molecule has 0 aliphatic carbocycles. The maximum atomic E-state index is 13.8. The van der Waals surface area contributed by atoms with Crippen LogP contribution in [0.2, 0.25) is 38.3 Å². The van der Waals surface area contributed by atoms with Crippen LogP contribution in [-0.4, -0.2) is 22.6 Å². The second-order valence-electron chi connectivity index (χ2n) is 13.3. The Hall–Kier alpha value is -2.58. The van der Waals surface area contributed by atoms with Crippen molar-refractivity contribution in [3.63, 3.8) is 0 Å². The highest BCUT2D eigenvalue weighted by Gasteiger charge is 2.31. The van der Waals surface area contributed by atoms with Gasteiger partial charge in [-0.1, -0.05) is 133 Å². The van der Waals surface area contributed by atoms with Crippen LogP contribution >= 0.6 is 0 Å². The summed E-state index contributed by atoms with van der Waals surface area (Å²) >= 11 is 0. The first kappa shape index (κ1) is 34.9. The molecule has 0 unspecified atom stereocenters. The molecule has 0 bridgehead atoms. The summed E-state index contributed by atoms with van der Waals surface area (Å²) < 4.78 is 19.7. The lowest BCUT2D eigenvalue weighted by Gasteiger charge is -2.29. The summed E-state index contributed by atoms with van der Waals surface area (Å²) in [4.78, 5) is 13.8. The quantitative estimate of drug-likeness (QED) is 0.0545. The minimum atomic E-state index is -2.13. The van der Waals surface area contributed by atoms with Crippen molar-refractivity contribution >= 4 is 33.4 Å². The summed E-state index contributed by atoms with van der Waals surface area (Å²) in [6.07, 6.45) is 15.2. The Labute approximate surface area is 263 Å². The van der Waals surface area contributed by atoms with Gasteiger partial charge < -0.3 is 13.6 Å². The van der Waals surface area contributed by atoms with Crippen LogP contribution in [-0.2, 0) is 0 Å². The molecule has 0 saturated heterocycles. The number of ether oxygens (including phenoxy) is 1. The smallest absolute Gasteiger partial charge is 0.347 e. The van der Waals surface area contributed by atoms with E-state index in [1.165, 1.54) is 70.6 Å². The number of hydrogen-bond acceptors (Lipinski definition) is 4. The van der Waals surface area contributed by atoms with Crippen LogP contribution in [0, 0.1) is 0 Å². The largest absolute Gasteiger partial charge is 0.544 e. The van der Waals surface area contributed by atoms with Gasteiger partial charge >= 0.3 is 5.97 Å². The monoisotopic (exact) mass is 620 g/mol. The van der Waals surface area contributed by atoms with Gasteiger partial charge in [-0.2, -0.15) is 0 Å². The molecule has 0 spiro atoms. The van der Waals surface area contributed by atoms with Crippen LogP contribution in [0.25, 0.3) is 10.8 Å². The molecule has 4 nitrogen and oxygen atoms in total. The number of rotatable bonds is 20. The number of esters is 1. The van der Waals surface area contributed by atoms with Crippen LogP contribution in [0.15, 0.2) is 60.7 Å². The van der Waals surface area contributed by atoms with Gasteiger partial charge in [0, 0.05) is 10.8 Å². The third kappa shape index (κ3) is 11.8. The van der Waals surface area contributed by atoms with E-state index in [1.54, 1.807) is 0 Å². The van der Waals surface area contributed by atoms with Gasteiger partial charge in [-0.3, -0.25) is 0 Å². The van der Waals surface area contributed by atoms with Crippen LogP contribution < -0.4 is 13.6 Å². The van der Waals surface area contributed by atoms with Gasteiger partial charge in [0.1, 0.15) is 22.8 Å². The summed E-state index contributed by atoms with van der Waals surface area (Å²) in [5, 5.41) is 1.93. The number of hydrogen-bond donors (Lipinski definition) is 0. The lowest BCUT2D eigenvalue weighted by molar-refractivity contribution is 0.0732. The SMILES string of the molecule is CCCCCCCC[Si](C)(C)Oc1cc(C(=O)Oc2ccccc2)c(O[Si](C)(C)CCCCCCCC)c2ccccc12. The van der Waals surface area contributed by atoms with Crippen LogP contribution in [0.3, 0.4) is 0 Å². The summed E-state index contributed by atoms with van der Waals surface area (Å²) in [5.41, 5.74) is 0.449. The maximum Gasteiger partial charge on any atom is 0.347 e. The van der Waals surface area contributed by atoms with Gasteiger partial charge in [0.15, 0.2) is 0 Å². The zero-order valence-corrected chi connectivity index (χ0v) is 29.8. The second kappa shape index (κ2) is 17.7. The van der Waals surface area contributed by atoms with E-state index in [4.69, 9.17) is 13.6 Å².